The van der Waals surface area contributed by atoms with Gasteiger partial charge in [-0.1, -0.05) is 18.2 Å². The zero-order valence-electron chi connectivity index (χ0n) is 12.2. The summed E-state index contributed by atoms with van der Waals surface area (Å²) in [4.78, 5) is 6.45. The maximum atomic E-state index is 13.7. The minimum Gasteiger partial charge on any atom is -0.370 e. The summed E-state index contributed by atoms with van der Waals surface area (Å²) in [5.41, 5.74) is 10.4. The lowest BCUT2D eigenvalue weighted by Gasteiger charge is -2.24. The van der Waals surface area contributed by atoms with Crippen LogP contribution in [0.5, 0.6) is 0 Å². The highest BCUT2D eigenvalue weighted by atomic mass is 19.1. The van der Waals surface area contributed by atoms with Gasteiger partial charge in [0.1, 0.15) is 5.82 Å². The molecule has 0 saturated heterocycles. The van der Waals surface area contributed by atoms with Crippen LogP contribution >= 0.6 is 0 Å². The van der Waals surface area contributed by atoms with Crippen molar-refractivity contribution in [3.05, 3.63) is 58.7 Å². The molecule has 2 rings (SSSR count). The molecule has 2 aromatic rings. The second kappa shape index (κ2) is 6.01. The Morgan fingerprint density at radius 3 is 2.60 bits per heavy atom. The van der Waals surface area contributed by atoms with Gasteiger partial charge in [-0.05, 0) is 26.0 Å². The maximum Gasteiger partial charge on any atom is 0.128 e. The first kappa shape index (κ1) is 14.5. The van der Waals surface area contributed by atoms with Crippen LogP contribution in [0.2, 0.25) is 0 Å². The Hall–Kier alpha value is -1.94. The molecule has 1 heterocycles. The maximum absolute atomic E-state index is 13.7. The predicted molar refractivity (Wildman–Crippen MR) is 80.1 cm³/mol. The van der Waals surface area contributed by atoms with Gasteiger partial charge in [-0.3, -0.25) is 4.98 Å². The monoisotopic (exact) mass is 273 g/mol. The number of hydrogen-bond acceptors (Lipinski definition) is 3. The Balaban J connectivity index is 2.34. The molecule has 0 unspecified atom stereocenters. The van der Waals surface area contributed by atoms with Crippen molar-refractivity contribution in [2.75, 3.05) is 11.9 Å². The first-order valence-corrected chi connectivity index (χ1v) is 6.64. The van der Waals surface area contributed by atoms with Crippen LogP contribution in [0.15, 0.2) is 30.3 Å². The van der Waals surface area contributed by atoms with E-state index in [0.717, 1.165) is 22.6 Å². The molecule has 0 aliphatic carbocycles. The average Bonchev–Trinajstić information content (AvgIpc) is 2.40. The lowest BCUT2D eigenvalue weighted by molar-refractivity contribution is 0.607. The lowest BCUT2D eigenvalue weighted by atomic mass is 10.1. The number of nitrogens with zero attached hydrogens (tertiary/aromatic N) is 2. The molecule has 106 valence electrons. The summed E-state index contributed by atoms with van der Waals surface area (Å²) in [6.07, 6.45) is 0. The van der Waals surface area contributed by atoms with Crippen molar-refractivity contribution in [1.29, 1.82) is 0 Å². The van der Waals surface area contributed by atoms with E-state index in [1.807, 2.05) is 37.9 Å². The first-order chi connectivity index (χ1) is 9.52. The van der Waals surface area contributed by atoms with Crippen molar-refractivity contribution in [3.8, 4) is 0 Å². The second-order valence-corrected chi connectivity index (χ2v) is 5.00. The fourth-order valence-electron chi connectivity index (χ4n) is 2.39. The molecule has 0 bridgehead atoms. The van der Waals surface area contributed by atoms with Gasteiger partial charge >= 0.3 is 0 Å². The van der Waals surface area contributed by atoms with Crippen LogP contribution in [0, 0.1) is 19.7 Å². The van der Waals surface area contributed by atoms with E-state index in [2.05, 4.69) is 4.98 Å². The van der Waals surface area contributed by atoms with Gasteiger partial charge in [0.25, 0.3) is 0 Å². The summed E-state index contributed by atoms with van der Waals surface area (Å²) in [5, 5.41) is 0. The number of nitrogens with two attached hydrogens (primary N) is 1. The third-order valence-electron chi connectivity index (χ3n) is 3.42. The molecule has 20 heavy (non-hydrogen) atoms. The highest BCUT2D eigenvalue weighted by molar-refractivity contribution is 5.55. The first-order valence-electron chi connectivity index (χ1n) is 6.64. The highest BCUT2D eigenvalue weighted by Crippen LogP contribution is 2.24. The molecule has 1 aromatic carbocycles. The molecule has 0 aliphatic rings. The number of rotatable bonds is 4. The van der Waals surface area contributed by atoms with Crippen LogP contribution in [-0.2, 0) is 13.1 Å². The Kier molecular flexibility index (Phi) is 4.35. The van der Waals surface area contributed by atoms with Crippen molar-refractivity contribution in [2.24, 2.45) is 5.73 Å². The highest BCUT2D eigenvalue weighted by Gasteiger charge is 2.12. The van der Waals surface area contributed by atoms with E-state index in [9.17, 15) is 4.39 Å². The van der Waals surface area contributed by atoms with Gasteiger partial charge in [0, 0.05) is 48.3 Å². The Morgan fingerprint density at radius 1 is 1.25 bits per heavy atom. The van der Waals surface area contributed by atoms with Gasteiger partial charge in [-0.15, -0.1) is 0 Å². The van der Waals surface area contributed by atoms with Crippen molar-refractivity contribution >= 4 is 5.69 Å². The van der Waals surface area contributed by atoms with Crippen molar-refractivity contribution in [2.45, 2.75) is 26.9 Å². The average molecular weight is 273 g/mol. The summed E-state index contributed by atoms with van der Waals surface area (Å²) in [7, 11) is 1.94. The standard InChI is InChI=1S/C16H20FN3/c1-11-8-16(14(9-18)12(2)19-11)20(3)10-13-6-4-5-7-15(13)17/h4-8H,9-10,18H2,1-3H3. The topological polar surface area (TPSA) is 42.1 Å². The smallest absolute Gasteiger partial charge is 0.128 e. The van der Waals surface area contributed by atoms with Gasteiger partial charge in [-0.2, -0.15) is 0 Å². The number of pyridine rings is 1. The Bertz CT molecular complexity index is 611. The number of halogens is 1. The van der Waals surface area contributed by atoms with E-state index in [1.165, 1.54) is 6.07 Å². The minimum atomic E-state index is -0.184. The van der Waals surface area contributed by atoms with Gasteiger partial charge in [0.05, 0.1) is 0 Å². The van der Waals surface area contributed by atoms with E-state index >= 15 is 0 Å². The number of aryl methyl sites for hydroxylation is 2. The van der Waals surface area contributed by atoms with Crippen LogP contribution in [0.25, 0.3) is 0 Å². The molecule has 0 spiro atoms. The summed E-state index contributed by atoms with van der Waals surface area (Å²) >= 11 is 0. The number of anilines is 1. The zero-order chi connectivity index (χ0) is 14.7. The molecule has 0 radical (unpaired) electrons. The predicted octanol–water partition coefficient (Wildman–Crippen LogP) is 2.93. The minimum absolute atomic E-state index is 0.184. The van der Waals surface area contributed by atoms with E-state index in [0.29, 0.717) is 18.7 Å². The van der Waals surface area contributed by atoms with Gasteiger partial charge in [0.15, 0.2) is 0 Å². The lowest BCUT2D eigenvalue weighted by Crippen LogP contribution is -2.21. The molecule has 1 aromatic heterocycles. The fourth-order valence-corrected chi connectivity index (χ4v) is 2.39. The summed E-state index contributed by atoms with van der Waals surface area (Å²) < 4.78 is 13.7. The van der Waals surface area contributed by atoms with Crippen molar-refractivity contribution in [3.63, 3.8) is 0 Å². The van der Waals surface area contributed by atoms with Gasteiger partial charge in [0.2, 0.25) is 0 Å². The molecule has 0 atom stereocenters. The molecular weight excluding hydrogens is 253 g/mol. The summed E-state index contributed by atoms with van der Waals surface area (Å²) in [6.45, 7) is 4.84. The Labute approximate surface area is 119 Å². The van der Waals surface area contributed by atoms with Crippen molar-refractivity contribution in [1.82, 2.24) is 4.98 Å². The van der Waals surface area contributed by atoms with E-state index in [4.69, 9.17) is 5.73 Å². The molecule has 0 fully saturated rings. The molecule has 0 saturated carbocycles. The van der Waals surface area contributed by atoms with Gasteiger partial charge < -0.3 is 10.6 Å². The molecule has 4 heteroatoms. The largest absolute Gasteiger partial charge is 0.370 e. The molecule has 0 amide bonds. The van der Waals surface area contributed by atoms with Crippen LogP contribution in [0.1, 0.15) is 22.5 Å². The number of benzene rings is 1. The third-order valence-corrected chi connectivity index (χ3v) is 3.42. The van der Waals surface area contributed by atoms with Crippen LogP contribution in [-0.4, -0.2) is 12.0 Å². The summed E-state index contributed by atoms with van der Waals surface area (Å²) in [5.74, 6) is -0.184. The molecule has 3 nitrogen and oxygen atoms in total. The van der Waals surface area contributed by atoms with Crippen LogP contribution in [0.4, 0.5) is 10.1 Å². The Morgan fingerprint density at radius 2 is 1.95 bits per heavy atom. The molecule has 2 N–H and O–H groups in total. The van der Waals surface area contributed by atoms with Crippen LogP contribution in [0.3, 0.4) is 0 Å². The third kappa shape index (κ3) is 2.96. The molecular formula is C16H20FN3. The van der Waals surface area contributed by atoms with E-state index in [1.54, 1.807) is 12.1 Å². The quantitative estimate of drug-likeness (QED) is 0.931. The molecule has 0 aliphatic heterocycles. The van der Waals surface area contributed by atoms with Gasteiger partial charge in [-0.25, -0.2) is 4.39 Å². The van der Waals surface area contributed by atoms with Crippen molar-refractivity contribution < 1.29 is 4.39 Å². The normalized spacial score (nSPS) is 10.7. The summed E-state index contributed by atoms with van der Waals surface area (Å²) in [6, 6.07) is 8.82. The fraction of sp³-hybridized carbons (Fsp3) is 0.312. The van der Waals surface area contributed by atoms with Crippen LogP contribution < -0.4 is 10.6 Å². The SMILES string of the molecule is Cc1cc(N(C)Cc2ccccc2F)c(CN)c(C)n1. The zero-order valence-corrected chi connectivity index (χ0v) is 12.2. The van der Waals surface area contributed by atoms with E-state index in [-0.39, 0.29) is 5.82 Å². The number of hydrogen-bond donors (Lipinski definition) is 1. The second-order valence-electron chi connectivity index (χ2n) is 5.00. The van der Waals surface area contributed by atoms with E-state index < -0.39 is 0 Å². The number of aromatic nitrogens is 1.